The van der Waals surface area contributed by atoms with Crippen LogP contribution in [-0.2, 0) is 19.7 Å². The lowest BCUT2D eigenvalue weighted by Crippen LogP contribution is -2.22. The molecule has 7 heteroatoms. The summed E-state index contributed by atoms with van der Waals surface area (Å²) in [4.78, 5) is 12.9. The number of benzene rings is 1. The van der Waals surface area contributed by atoms with Gasteiger partial charge in [-0.05, 0) is 48.7 Å². The lowest BCUT2D eigenvalue weighted by atomic mass is 10.3. The minimum atomic E-state index is -0.103. The highest BCUT2D eigenvalue weighted by atomic mass is 35.5. The number of nitrogens with zero attached hydrogens (tertiary/aromatic N) is 2. The summed E-state index contributed by atoms with van der Waals surface area (Å²) in [7, 11) is 0. The van der Waals surface area contributed by atoms with E-state index in [0.29, 0.717) is 23.1 Å². The van der Waals surface area contributed by atoms with Gasteiger partial charge in [-0.15, -0.1) is 11.3 Å². The molecule has 0 aliphatic rings. The Morgan fingerprint density at radius 1 is 1.32 bits per heavy atom. The third-order valence-corrected chi connectivity index (χ3v) is 4.78. The number of aryl methyl sites for hydroxylation is 1. The van der Waals surface area contributed by atoms with Gasteiger partial charge >= 0.3 is 0 Å². The van der Waals surface area contributed by atoms with E-state index < -0.39 is 0 Å². The van der Waals surface area contributed by atoms with Crippen molar-refractivity contribution in [2.75, 3.05) is 0 Å². The van der Waals surface area contributed by atoms with Gasteiger partial charge in [0.05, 0.1) is 17.1 Å². The molecule has 5 nitrogen and oxygen atoms in total. The Morgan fingerprint density at radius 2 is 2.12 bits per heavy atom. The van der Waals surface area contributed by atoms with Gasteiger partial charge in [0, 0.05) is 23.3 Å². The monoisotopic (exact) mass is 375 g/mol. The Hall–Kier alpha value is -2.31. The first-order chi connectivity index (χ1) is 12.1. The summed E-state index contributed by atoms with van der Waals surface area (Å²) >= 11 is 7.25. The number of carbonyl (C=O) groups is 1. The van der Waals surface area contributed by atoms with Crippen LogP contribution < -0.4 is 10.1 Å². The van der Waals surface area contributed by atoms with Crippen molar-refractivity contribution in [3.63, 3.8) is 0 Å². The van der Waals surface area contributed by atoms with Gasteiger partial charge in [-0.25, -0.2) is 0 Å². The van der Waals surface area contributed by atoms with Crippen LogP contribution in [0.3, 0.4) is 0 Å². The number of nitrogens with one attached hydrogen (secondary N) is 1. The number of hydrogen-bond acceptors (Lipinski definition) is 4. The maximum absolute atomic E-state index is 12.2. The highest BCUT2D eigenvalue weighted by molar-refractivity contribution is 7.12. The second-order valence-electron chi connectivity index (χ2n) is 5.41. The molecule has 0 radical (unpaired) electrons. The fourth-order valence-electron chi connectivity index (χ4n) is 2.20. The molecule has 0 bridgehead atoms. The van der Waals surface area contributed by atoms with Gasteiger partial charge in [0.25, 0.3) is 5.91 Å². The van der Waals surface area contributed by atoms with Gasteiger partial charge in [-0.1, -0.05) is 11.6 Å². The van der Waals surface area contributed by atoms with E-state index in [9.17, 15) is 4.79 Å². The zero-order valence-electron chi connectivity index (χ0n) is 13.7. The zero-order valence-corrected chi connectivity index (χ0v) is 15.3. The molecule has 0 saturated carbocycles. The average molecular weight is 376 g/mol. The second-order valence-corrected chi connectivity index (χ2v) is 6.75. The van der Waals surface area contributed by atoms with Gasteiger partial charge in [0.15, 0.2) is 0 Å². The van der Waals surface area contributed by atoms with Gasteiger partial charge in [0.1, 0.15) is 12.4 Å². The lowest BCUT2D eigenvalue weighted by Gasteiger charge is -2.04. The van der Waals surface area contributed by atoms with Crippen LogP contribution in [0.5, 0.6) is 5.75 Å². The van der Waals surface area contributed by atoms with Crippen molar-refractivity contribution in [1.82, 2.24) is 15.1 Å². The molecule has 1 amide bonds. The molecule has 0 fully saturated rings. The summed E-state index contributed by atoms with van der Waals surface area (Å²) in [6, 6.07) is 11.0. The fraction of sp³-hybridized carbons (Fsp3) is 0.222. The highest BCUT2D eigenvalue weighted by Gasteiger charge is 2.10. The van der Waals surface area contributed by atoms with Gasteiger partial charge in [-0.3, -0.25) is 9.48 Å². The Balaban J connectivity index is 1.51. The third-order valence-electron chi connectivity index (χ3n) is 3.55. The molecule has 2 aromatic heterocycles. The minimum absolute atomic E-state index is 0.103. The number of ether oxygens (including phenoxy) is 1. The van der Waals surface area contributed by atoms with Crippen LogP contribution in [0.15, 0.2) is 48.0 Å². The van der Waals surface area contributed by atoms with E-state index in [-0.39, 0.29) is 5.91 Å². The number of aromatic nitrogens is 2. The molecule has 25 heavy (non-hydrogen) atoms. The van der Waals surface area contributed by atoms with Crippen molar-refractivity contribution < 1.29 is 9.53 Å². The summed E-state index contributed by atoms with van der Waals surface area (Å²) in [5.41, 5.74) is 1.80. The van der Waals surface area contributed by atoms with E-state index in [0.717, 1.165) is 23.6 Å². The van der Waals surface area contributed by atoms with Gasteiger partial charge in [0.2, 0.25) is 0 Å². The van der Waals surface area contributed by atoms with Crippen LogP contribution in [0, 0.1) is 0 Å². The van der Waals surface area contributed by atoms with Crippen molar-refractivity contribution >= 4 is 28.8 Å². The van der Waals surface area contributed by atoms with E-state index >= 15 is 0 Å². The van der Waals surface area contributed by atoms with Gasteiger partial charge in [-0.2, -0.15) is 5.10 Å². The number of rotatable bonds is 7. The lowest BCUT2D eigenvalue weighted by molar-refractivity contribution is 0.0954. The normalized spacial score (nSPS) is 10.6. The first-order valence-electron chi connectivity index (χ1n) is 7.90. The molecule has 0 atom stereocenters. The van der Waals surface area contributed by atoms with Crippen molar-refractivity contribution in [3.8, 4) is 5.75 Å². The van der Waals surface area contributed by atoms with E-state index in [4.69, 9.17) is 16.3 Å². The third kappa shape index (κ3) is 4.84. The summed E-state index contributed by atoms with van der Waals surface area (Å²) in [6.07, 6.45) is 1.90. The molecule has 3 rings (SSSR count). The van der Waals surface area contributed by atoms with E-state index in [2.05, 4.69) is 10.4 Å². The molecule has 0 aliphatic heterocycles. The first-order valence-corrected chi connectivity index (χ1v) is 9.16. The molecule has 1 N–H and O–H groups in total. The maximum Gasteiger partial charge on any atom is 0.261 e. The zero-order chi connectivity index (χ0) is 17.6. The number of thiophene rings is 1. The molecule has 0 unspecified atom stereocenters. The maximum atomic E-state index is 12.2. The highest BCUT2D eigenvalue weighted by Crippen LogP contribution is 2.19. The fourth-order valence-corrected chi connectivity index (χ4v) is 3.14. The number of carbonyl (C=O) groups excluding carboxylic acids is 1. The minimum Gasteiger partial charge on any atom is -0.489 e. The molecular weight excluding hydrogens is 358 g/mol. The average Bonchev–Trinajstić information content (AvgIpc) is 3.28. The van der Waals surface area contributed by atoms with Crippen LogP contribution in [-0.4, -0.2) is 15.7 Å². The van der Waals surface area contributed by atoms with Gasteiger partial charge < -0.3 is 10.1 Å². The van der Waals surface area contributed by atoms with Crippen LogP contribution >= 0.6 is 22.9 Å². The summed E-state index contributed by atoms with van der Waals surface area (Å²) in [5.74, 6) is 0.641. The smallest absolute Gasteiger partial charge is 0.261 e. The van der Waals surface area contributed by atoms with Crippen LogP contribution in [0.1, 0.15) is 27.9 Å². The molecule has 1 aromatic carbocycles. The standard InChI is InChI=1S/C18H18ClN3O2S/c1-2-22-8-7-15(21-22)10-20-18(23)17-9-13(12-25-17)11-24-16-5-3-14(19)4-6-16/h3-9,12H,2,10-11H2,1H3,(H,20,23). The molecule has 3 aromatic rings. The largest absolute Gasteiger partial charge is 0.489 e. The number of hydrogen-bond donors (Lipinski definition) is 1. The molecule has 2 heterocycles. The van der Waals surface area contributed by atoms with E-state index in [1.165, 1.54) is 11.3 Å². The number of amides is 1. The Labute approximate surface area is 155 Å². The second kappa shape index (κ2) is 8.18. The molecule has 130 valence electrons. The Morgan fingerprint density at radius 3 is 2.84 bits per heavy atom. The molecule has 0 aliphatic carbocycles. The summed E-state index contributed by atoms with van der Waals surface area (Å²) < 4.78 is 7.52. The Bertz CT molecular complexity index is 842. The predicted molar refractivity (Wildman–Crippen MR) is 99.2 cm³/mol. The topological polar surface area (TPSA) is 56.2 Å². The van der Waals surface area contributed by atoms with Crippen molar-refractivity contribution in [3.05, 3.63) is 69.1 Å². The molecular formula is C18H18ClN3O2S. The number of halogens is 1. The van der Waals surface area contributed by atoms with E-state index in [1.807, 2.05) is 47.4 Å². The SMILES string of the molecule is CCn1ccc(CNC(=O)c2cc(COc3ccc(Cl)cc3)cs2)n1. The Kier molecular flexibility index (Phi) is 5.73. The summed E-state index contributed by atoms with van der Waals surface area (Å²) in [6.45, 7) is 3.66. The van der Waals surface area contributed by atoms with Crippen molar-refractivity contribution in [1.29, 1.82) is 0 Å². The van der Waals surface area contributed by atoms with Crippen LogP contribution in [0.25, 0.3) is 0 Å². The quantitative estimate of drug-likeness (QED) is 0.675. The van der Waals surface area contributed by atoms with Crippen molar-refractivity contribution in [2.45, 2.75) is 26.6 Å². The van der Waals surface area contributed by atoms with Crippen LogP contribution in [0.2, 0.25) is 5.02 Å². The predicted octanol–water partition coefficient (Wildman–Crippen LogP) is 4.13. The summed E-state index contributed by atoms with van der Waals surface area (Å²) in [5, 5.41) is 9.83. The molecule has 0 saturated heterocycles. The molecule has 0 spiro atoms. The van der Waals surface area contributed by atoms with Crippen molar-refractivity contribution in [2.24, 2.45) is 0 Å². The first kappa shape index (κ1) is 17.5. The van der Waals surface area contributed by atoms with E-state index in [1.54, 1.807) is 12.1 Å². The van der Waals surface area contributed by atoms with Crippen LogP contribution in [0.4, 0.5) is 0 Å².